The Morgan fingerprint density at radius 3 is 2.52 bits per heavy atom. The van der Waals surface area contributed by atoms with Crippen LogP contribution in [0.3, 0.4) is 0 Å². The van der Waals surface area contributed by atoms with Crippen molar-refractivity contribution in [3.63, 3.8) is 0 Å². The minimum Gasteiger partial charge on any atom is -0.490 e. The van der Waals surface area contributed by atoms with Crippen LogP contribution >= 0.6 is 11.6 Å². The van der Waals surface area contributed by atoms with Crippen LogP contribution in [0.4, 0.5) is 0 Å². The Balaban J connectivity index is 1.79. The average Bonchev–Trinajstić information content (AvgIpc) is 3.30. The molecule has 0 atom stereocenters. The van der Waals surface area contributed by atoms with Crippen molar-refractivity contribution >= 4 is 29.6 Å². The monoisotopic (exact) mass is 468 g/mol. The number of benzene rings is 2. The van der Waals surface area contributed by atoms with Crippen LogP contribution in [0.15, 0.2) is 42.0 Å². The van der Waals surface area contributed by atoms with Gasteiger partial charge in [0.25, 0.3) is 5.91 Å². The molecule has 1 saturated carbocycles. The third-order valence-electron chi connectivity index (χ3n) is 5.28. The van der Waals surface area contributed by atoms with Gasteiger partial charge in [0.05, 0.1) is 17.2 Å². The number of hydrogen-bond donors (Lipinski definition) is 2. The topological polar surface area (TPSA) is 109 Å². The molecule has 0 saturated heterocycles. The zero-order chi connectivity index (χ0) is 23.8. The van der Waals surface area contributed by atoms with Gasteiger partial charge in [-0.25, -0.2) is 4.79 Å². The molecule has 0 aliphatic heterocycles. The van der Waals surface area contributed by atoms with Crippen LogP contribution in [0.1, 0.15) is 54.1 Å². The molecule has 2 N–H and O–H groups in total. The largest absolute Gasteiger partial charge is 0.490 e. The molecule has 2 aromatic rings. The third-order valence-corrected chi connectivity index (χ3v) is 5.56. The maximum atomic E-state index is 12.5. The highest BCUT2D eigenvalue weighted by molar-refractivity contribution is 6.32. The predicted octanol–water partition coefficient (Wildman–Crippen LogP) is 4.98. The van der Waals surface area contributed by atoms with E-state index < -0.39 is 11.9 Å². The van der Waals surface area contributed by atoms with Crippen molar-refractivity contribution in [2.75, 3.05) is 6.61 Å². The van der Waals surface area contributed by atoms with Gasteiger partial charge in [-0.15, -0.1) is 0 Å². The molecule has 0 unspecified atom stereocenters. The van der Waals surface area contributed by atoms with Crippen molar-refractivity contribution in [2.45, 2.75) is 45.3 Å². The minimum atomic E-state index is -0.999. The number of carbonyl (C=O) groups is 2. The third kappa shape index (κ3) is 6.50. The molecule has 0 aromatic heterocycles. The van der Waals surface area contributed by atoms with Crippen molar-refractivity contribution in [1.29, 1.82) is 5.26 Å². The Morgan fingerprint density at radius 1 is 1.21 bits per heavy atom. The Kier molecular flexibility index (Phi) is 8.34. The van der Waals surface area contributed by atoms with Gasteiger partial charge in [0.1, 0.15) is 18.2 Å². The number of halogens is 1. The molecular formula is C25H25ClN2O5. The van der Waals surface area contributed by atoms with Gasteiger partial charge in [0.2, 0.25) is 0 Å². The molecule has 0 heterocycles. The Hall–Kier alpha value is -3.50. The summed E-state index contributed by atoms with van der Waals surface area (Å²) in [5.41, 5.74) is 1.48. The van der Waals surface area contributed by atoms with Gasteiger partial charge in [0.15, 0.2) is 11.5 Å². The molecular weight excluding hydrogens is 444 g/mol. The van der Waals surface area contributed by atoms with Gasteiger partial charge in [0, 0.05) is 6.04 Å². The molecule has 1 fully saturated rings. The second kappa shape index (κ2) is 11.4. The van der Waals surface area contributed by atoms with Crippen LogP contribution in [-0.2, 0) is 11.4 Å². The van der Waals surface area contributed by atoms with E-state index in [1.54, 1.807) is 24.3 Å². The van der Waals surface area contributed by atoms with Crippen LogP contribution in [-0.4, -0.2) is 29.6 Å². The minimum absolute atomic E-state index is 0.00685. The number of hydrogen-bond acceptors (Lipinski definition) is 5. The number of amides is 1. The zero-order valence-electron chi connectivity index (χ0n) is 18.3. The summed E-state index contributed by atoms with van der Waals surface area (Å²) < 4.78 is 11.5. The van der Waals surface area contributed by atoms with E-state index in [1.165, 1.54) is 18.2 Å². The summed E-state index contributed by atoms with van der Waals surface area (Å²) in [5.74, 6) is -0.691. The Labute approximate surface area is 197 Å². The standard InChI is InChI=1S/C25H25ClN2O5/c1-2-32-22-13-17(11-19(14-27)24(29)28-20-5-3-4-6-20)12-21(26)23(22)33-15-16-7-9-18(10-8-16)25(30)31/h7-13,20H,2-6,15H2,1H3,(H,28,29)(H,30,31)/b19-11-. The molecule has 8 heteroatoms. The molecule has 33 heavy (non-hydrogen) atoms. The lowest BCUT2D eigenvalue weighted by molar-refractivity contribution is -0.117. The summed E-state index contributed by atoms with van der Waals surface area (Å²) >= 11 is 6.45. The van der Waals surface area contributed by atoms with Gasteiger partial charge in [-0.05, 0) is 61.2 Å². The fraction of sp³-hybridized carbons (Fsp3) is 0.320. The number of rotatable bonds is 9. The van der Waals surface area contributed by atoms with Crippen molar-refractivity contribution in [1.82, 2.24) is 5.32 Å². The first-order chi connectivity index (χ1) is 15.9. The molecule has 3 rings (SSSR count). The van der Waals surface area contributed by atoms with Gasteiger partial charge < -0.3 is 19.9 Å². The Morgan fingerprint density at radius 2 is 1.91 bits per heavy atom. The van der Waals surface area contributed by atoms with Gasteiger partial charge >= 0.3 is 5.97 Å². The first-order valence-electron chi connectivity index (χ1n) is 10.7. The molecule has 2 aromatic carbocycles. The van der Waals surface area contributed by atoms with E-state index in [4.69, 9.17) is 26.2 Å². The summed E-state index contributed by atoms with van der Waals surface area (Å²) in [6, 6.07) is 11.7. The fourth-order valence-corrected chi connectivity index (χ4v) is 3.90. The van der Waals surface area contributed by atoms with E-state index in [-0.39, 0.29) is 28.8 Å². The lowest BCUT2D eigenvalue weighted by Crippen LogP contribution is -2.33. The van der Waals surface area contributed by atoms with Crippen molar-refractivity contribution in [3.8, 4) is 17.6 Å². The summed E-state index contributed by atoms with van der Waals surface area (Å²) in [6.45, 7) is 2.34. The lowest BCUT2D eigenvalue weighted by Gasteiger charge is -2.15. The molecule has 0 radical (unpaired) electrons. The summed E-state index contributed by atoms with van der Waals surface area (Å²) in [6.07, 6.45) is 5.49. The summed E-state index contributed by atoms with van der Waals surface area (Å²) in [7, 11) is 0. The Bertz CT molecular complexity index is 1080. The number of carboxylic acids is 1. The average molecular weight is 469 g/mol. The first-order valence-corrected chi connectivity index (χ1v) is 11.1. The van der Waals surface area contributed by atoms with E-state index in [2.05, 4.69) is 5.32 Å². The lowest BCUT2D eigenvalue weighted by atomic mass is 10.1. The fourth-order valence-electron chi connectivity index (χ4n) is 3.62. The van der Waals surface area contributed by atoms with E-state index in [0.29, 0.717) is 23.7 Å². The van der Waals surface area contributed by atoms with Crippen molar-refractivity contribution in [3.05, 3.63) is 63.7 Å². The zero-order valence-corrected chi connectivity index (χ0v) is 19.0. The quantitative estimate of drug-likeness (QED) is 0.396. The maximum absolute atomic E-state index is 12.5. The molecule has 172 valence electrons. The molecule has 0 bridgehead atoms. The number of nitrogens with one attached hydrogen (secondary N) is 1. The predicted molar refractivity (Wildman–Crippen MR) is 124 cm³/mol. The van der Waals surface area contributed by atoms with Crippen LogP contribution < -0.4 is 14.8 Å². The number of ether oxygens (including phenoxy) is 2. The van der Waals surface area contributed by atoms with Crippen LogP contribution in [0.2, 0.25) is 5.02 Å². The van der Waals surface area contributed by atoms with Crippen LogP contribution in [0, 0.1) is 11.3 Å². The van der Waals surface area contributed by atoms with Crippen LogP contribution in [0.5, 0.6) is 11.5 Å². The van der Waals surface area contributed by atoms with Crippen LogP contribution in [0.25, 0.3) is 6.08 Å². The second-order valence-electron chi connectivity index (χ2n) is 7.68. The summed E-state index contributed by atoms with van der Waals surface area (Å²) in [5, 5.41) is 21.7. The second-order valence-corrected chi connectivity index (χ2v) is 8.09. The van der Waals surface area contributed by atoms with Crippen molar-refractivity contribution in [2.24, 2.45) is 0 Å². The van der Waals surface area contributed by atoms with E-state index in [1.807, 2.05) is 13.0 Å². The molecule has 0 spiro atoms. The van der Waals surface area contributed by atoms with E-state index in [9.17, 15) is 14.9 Å². The molecule has 7 nitrogen and oxygen atoms in total. The maximum Gasteiger partial charge on any atom is 0.335 e. The number of carboxylic acid groups (broad SMARTS) is 1. The van der Waals surface area contributed by atoms with Gasteiger partial charge in [-0.2, -0.15) is 5.26 Å². The number of nitrogens with zero attached hydrogens (tertiary/aromatic N) is 1. The number of aromatic carboxylic acids is 1. The van der Waals surface area contributed by atoms with Gasteiger partial charge in [-0.3, -0.25) is 4.79 Å². The normalized spacial score (nSPS) is 13.9. The number of carbonyl (C=O) groups excluding carboxylic acids is 1. The van der Waals surface area contributed by atoms with Gasteiger partial charge in [-0.1, -0.05) is 36.6 Å². The first kappa shape index (κ1) is 24.1. The highest BCUT2D eigenvalue weighted by atomic mass is 35.5. The highest BCUT2D eigenvalue weighted by Crippen LogP contribution is 2.38. The smallest absolute Gasteiger partial charge is 0.335 e. The van der Waals surface area contributed by atoms with Crippen molar-refractivity contribution < 1.29 is 24.2 Å². The highest BCUT2D eigenvalue weighted by Gasteiger charge is 2.20. The molecule has 1 amide bonds. The van der Waals surface area contributed by atoms with E-state index in [0.717, 1.165) is 31.2 Å². The SMILES string of the molecule is CCOc1cc(/C=C(/C#N)C(=O)NC2CCCC2)cc(Cl)c1OCc1ccc(C(=O)O)cc1. The summed E-state index contributed by atoms with van der Waals surface area (Å²) in [4.78, 5) is 23.5. The number of nitriles is 1. The van der Waals surface area contributed by atoms with E-state index >= 15 is 0 Å². The molecule has 1 aliphatic rings. The molecule has 1 aliphatic carbocycles.